The summed E-state index contributed by atoms with van der Waals surface area (Å²) in [5.74, 6) is -0.967. The van der Waals surface area contributed by atoms with Crippen molar-refractivity contribution >= 4 is 16.9 Å². The first-order valence-electron chi connectivity index (χ1n) is 4.43. The maximum absolute atomic E-state index is 10.9. The highest BCUT2D eigenvalue weighted by atomic mass is 16.4. The van der Waals surface area contributed by atoms with Crippen molar-refractivity contribution in [2.45, 2.75) is 6.42 Å². The topological polar surface area (TPSA) is 76.9 Å². The van der Waals surface area contributed by atoms with E-state index in [4.69, 9.17) is 10.4 Å². The SMILES string of the molecule is N#CCc1c[nH]c2c(C(=O)O)cccc12. The Balaban J connectivity index is 2.70. The Bertz CT molecular complexity index is 563. The highest BCUT2D eigenvalue weighted by Crippen LogP contribution is 2.21. The van der Waals surface area contributed by atoms with Crippen LogP contribution in [0.25, 0.3) is 10.9 Å². The van der Waals surface area contributed by atoms with Crippen LogP contribution in [0.5, 0.6) is 0 Å². The lowest BCUT2D eigenvalue weighted by atomic mass is 10.1. The van der Waals surface area contributed by atoms with Crippen LogP contribution in [0, 0.1) is 11.3 Å². The molecule has 2 N–H and O–H groups in total. The molecule has 15 heavy (non-hydrogen) atoms. The highest BCUT2D eigenvalue weighted by molar-refractivity contribution is 6.03. The zero-order valence-corrected chi connectivity index (χ0v) is 7.82. The summed E-state index contributed by atoms with van der Waals surface area (Å²) in [5, 5.41) is 18.3. The molecule has 2 rings (SSSR count). The fourth-order valence-corrected chi connectivity index (χ4v) is 1.62. The van der Waals surface area contributed by atoms with Crippen molar-refractivity contribution in [2.24, 2.45) is 0 Å². The van der Waals surface area contributed by atoms with Crippen LogP contribution in [-0.4, -0.2) is 16.1 Å². The molecule has 0 aliphatic heterocycles. The first-order chi connectivity index (χ1) is 7.24. The molecule has 0 saturated carbocycles. The van der Waals surface area contributed by atoms with Gasteiger partial charge >= 0.3 is 5.97 Å². The summed E-state index contributed by atoms with van der Waals surface area (Å²) < 4.78 is 0. The normalized spacial score (nSPS) is 10.1. The van der Waals surface area contributed by atoms with Gasteiger partial charge < -0.3 is 10.1 Å². The van der Waals surface area contributed by atoms with E-state index in [-0.39, 0.29) is 12.0 Å². The predicted molar refractivity (Wildman–Crippen MR) is 54.6 cm³/mol. The number of fused-ring (bicyclic) bond motifs is 1. The van der Waals surface area contributed by atoms with Gasteiger partial charge in [-0.1, -0.05) is 12.1 Å². The summed E-state index contributed by atoms with van der Waals surface area (Å²) in [6, 6.07) is 7.07. The van der Waals surface area contributed by atoms with Gasteiger partial charge in [-0.2, -0.15) is 5.26 Å². The number of nitrogens with zero attached hydrogens (tertiary/aromatic N) is 1. The predicted octanol–water partition coefficient (Wildman–Crippen LogP) is 1.93. The molecular weight excluding hydrogens is 192 g/mol. The van der Waals surface area contributed by atoms with Gasteiger partial charge in [-0.3, -0.25) is 0 Å². The molecule has 0 atom stereocenters. The summed E-state index contributed by atoms with van der Waals surface area (Å²) >= 11 is 0. The molecule has 0 fully saturated rings. The van der Waals surface area contributed by atoms with Gasteiger partial charge in [0.25, 0.3) is 0 Å². The number of nitriles is 1. The fraction of sp³-hybridized carbons (Fsp3) is 0.0909. The van der Waals surface area contributed by atoms with E-state index in [0.29, 0.717) is 5.52 Å². The Labute approximate surface area is 85.8 Å². The molecule has 74 valence electrons. The average molecular weight is 200 g/mol. The van der Waals surface area contributed by atoms with Crippen molar-refractivity contribution in [3.8, 4) is 6.07 Å². The molecule has 1 aromatic carbocycles. The first kappa shape index (κ1) is 9.28. The number of rotatable bonds is 2. The van der Waals surface area contributed by atoms with Crippen molar-refractivity contribution in [1.82, 2.24) is 4.98 Å². The summed E-state index contributed by atoms with van der Waals surface area (Å²) in [5.41, 5.74) is 1.64. The molecule has 0 bridgehead atoms. The zero-order valence-electron chi connectivity index (χ0n) is 7.82. The molecule has 0 spiro atoms. The van der Waals surface area contributed by atoms with Gasteiger partial charge in [-0.25, -0.2) is 4.79 Å². The van der Waals surface area contributed by atoms with Crippen LogP contribution in [-0.2, 0) is 6.42 Å². The van der Waals surface area contributed by atoms with Crippen LogP contribution in [0.15, 0.2) is 24.4 Å². The Morgan fingerprint density at radius 2 is 2.33 bits per heavy atom. The molecule has 0 aliphatic carbocycles. The second kappa shape index (κ2) is 3.46. The van der Waals surface area contributed by atoms with Crippen LogP contribution < -0.4 is 0 Å². The van der Waals surface area contributed by atoms with Crippen molar-refractivity contribution in [1.29, 1.82) is 5.26 Å². The molecule has 1 aromatic heterocycles. The minimum Gasteiger partial charge on any atom is -0.478 e. The number of para-hydroxylation sites is 1. The zero-order chi connectivity index (χ0) is 10.8. The molecule has 0 aliphatic rings. The lowest BCUT2D eigenvalue weighted by Crippen LogP contribution is -1.96. The number of carboxylic acid groups (broad SMARTS) is 1. The van der Waals surface area contributed by atoms with Crippen molar-refractivity contribution < 1.29 is 9.90 Å². The number of aromatic nitrogens is 1. The van der Waals surface area contributed by atoms with E-state index in [0.717, 1.165) is 10.9 Å². The fourth-order valence-electron chi connectivity index (χ4n) is 1.62. The standard InChI is InChI=1S/C11H8N2O2/c12-5-4-7-6-13-10-8(7)2-1-3-9(10)11(14)15/h1-3,6,13H,4H2,(H,14,15). The van der Waals surface area contributed by atoms with E-state index in [9.17, 15) is 4.79 Å². The third-order valence-corrected chi connectivity index (χ3v) is 2.30. The van der Waals surface area contributed by atoms with E-state index in [1.54, 1.807) is 12.3 Å². The van der Waals surface area contributed by atoms with Gasteiger partial charge in [0.1, 0.15) is 0 Å². The minimum atomic E-state index is -0.967. The molecule has 4 heteroatoms. The van der Waals surface area contributed by atoms with Gasteiger partial charge in [0.15, 0.2) is 0 Å². The van der Waals surface area contributed by atoms with Crippen LogP contribution in [0.1, 0.15) is 15.9 Å². The molecule has 0 amide bonds. The average Bonchev–Trinajstić information content (AvgIpc) is 2.62. The maximum atomic E-state index is 10.9. The van der Waals surface area contributed by atoms with Gasteiger partial charge in [0.2, 0.25) is 0 Å². The molecule has 2 aromatic rings. The summed E-state index contributed by atoms with van der Waals surface area (Å²) in [6.07, 6.45) is 1.96. The van der Waals surface area contributed by atoms with E-state index >= 15 is 0 Å². The smallest absolute Gasteiger partial charge is 0.337 e. The first-order valence-corrected chi connectivity index (χ1v) is 4.43. The highest BCUT2D eigenvalue weighted by Gasteiger charge is 2.11. The van der Waals surface area contributed by atoms with Gasteiger partial charge in [0.05, 0.1) is 23.6 Å². The maximum Gasteiger partial charge on any atom is 0.337 e. The summed E-state index contributed by atoms with van der Waals surface area (Å²) in [6.45, 7) is 0. The van der Waals surface area contributed by atoms with Crippen LogP contribution in [0.3, 0.4) is 0 Å². The third kappa shape index (κ3) is 1.44. The lowest BCUT2D eigenvalue weighted by Gasteiger charge is -1.97. The van der Waals surface area contributed by atoms with Crippen LogP contribution in [0.4, 0.5) is 0 Å². The van der Waals surface area contributed by atoms with Gasteiger partial charge in [0, 0.05) is 11.6 Å². The summed E-state index contributed by atoms with van der Waals surface area (Å²) in [7, 11) is 0. The number of hydrogen-bond acceptors (Lipinski definition) is 2. The number of nitrogens with one attached hydrogen (secondary N) is 1. The number of benzene rings is 1. The van der Waals surface area contributed by atoms with Crippen molar-refractivity contribution in [3.63, 3.8) is 0 Å². The third-order valence-electron chi connectivity index (χ3n) is 2.30. The number of aromatic amines is 1. The van der Waals surface area contributed by atoms with E-state index in [1.807, 2.05) is 12.1 Å². The molecule has 0 saturated heterocycles. The number of carboxylic acids is 1. The summed E-state index contributed by atoms with van der Waals surface area (Å²) in [4.78, 5) is 13.8. The Morgan fingerprint density at radius 1 is 1.53 bits per heavy atom. The van der Waals surface area contributed by atoms with E-state index in [1.165, 1.54) is 6.07 Å². The molecule has 1 heterocycles. The molecular formula is C11H8N2O2. The number of aromatic carboxylic acids is 1. The number of H-pyrrole nitrogens is 1. The molecule has 4 nitrogen and oxygen atoms in total. The second-order valence-corrected chi connectivity index (χ2v) is 3.18. The van der Waals surface area contributed by atoms with Crippen molar-refractivity contribution in [2.75, 3.05) is 0 Å². The quantitative estimate of drug-likeness (QED) is 0.777. The molecule has 0 unspecified atom stereocenters. The van der Waals surface area contributed by atoms with Crippen LogP contribution in [0.2, 0.25) is 0 Å². The largest absolute Gasteiger partial charge is 0.478 e. The number of carbonyl (C=O) groups is 1. The second-order valence-electron chi connectivity index (χ2n) is 3.18. The van der Waals surface area contributed by atoms with Crippen molar-refractivity contribution in [3.05, 3.63) is 35.5 Å². The Morgan fingerprint density at radius 3 is 3.00 bits per heavy atom. The van der Waals surface area contributed by atoms with Gasteiger partial charge in [-0.15, -0.1) is 0 Å². The molecule has 0 radical (unpaired) electrons. The Kier molecular flexibility index (Phi) is 2.14. The van der Waals surface area contributed by atoms with E-state index < -0.39 is 5.97 Å². The lowest BCUT2D eigenvalue weighted by molar-refractivity contribution is 0.0699. The number of hydrogen-bond donors (Lipinski definition) is 2. The monoisotopic (exact) mass is 200 g/mol. The van der Waals surface area contributed by atoms with Crippen LogP contribution >= 0.6 is 0 Å². The Hall–Kier alpha value is -2.28. The van der Waals surface area contributed by atoms with Gasteiger partial charge in [-0.05, 0) is 11.6 Å². The minimum absolute atomic E-state index is 0.233. The van der Waals surface area contributed by atoms with E-state index in [2.05, 4.69) is 4.98 Å².